The van der Waals surface area contributed by atoms with Crippen molar-refractivity contribution in [3.63, 3.8) is 0 Å². The molecule has 4 rings (SSSR count). The van der Waals surface area contributed by atoms with E-state index >= 15 is 0 Å². The van der Waals surface area contributed by atoms with Crippen LogP contribution in [0, 0.1) is 11.7 Å². The zero-order valence-electron chi connectivity index (χ0n) is 18.4. The van der Waals surface area contributed by atoms with E-state index in [1.54, 1.807) is 6.07 Å². The average molecular weight is 432 g/mol. The van der Waals surface area contributed by atoms with Crippen molar-refractivity contribution in [1.29, 1.82) is 0 Å². The van der Waals surface area contributed by atoms with Gasteiger partial charge in [0.2, 0.25) is 5.91 Å². The summed E-state index contributed by atoms with van der Waals surface area (Å²) in [5, 5.41) is 3.05. The number of aryl methyl sites for hydroxylation is 1. The second-order valence-corrected chi connectivity index (χ2v) is 8.69. The highest BCUT2D eigenvalue weighted by molar-refractivity contribution is 6.44. The second kappa shape index (κ2) is 10.5. The predicted octanol–water partition coefficient (Wildman–Crippen LogP) is 5.56. The highest BCUT2D eigenvalue weighted by atomic mass is 19.1. The summed E-state index contributed by atoms with van der Waals surface area (Å²) in [7, 11) is 0. The summed E-state index contributed by atoms with van der Waals surface area (Å²) in [6.45, 7) is 4.58. The minimum atomic E-state index is -0.236. The lowest BCUT2D eigenvalue weighted by atomic mass is 9.85. The number of hydrogen-bond acceptors (Lipinski definition) is 3. The van der Waals surface area contributed by atoms with Crippen LogP contribution in [0.15, 0.2) is 70.8 Å². The van der Waals surface area contributed by atoms with Crippen LogP contribution in [0.3, 0.4) is 0 Å². The number of rotatable bonds is 3. The normalized spacial score (nSPS) is 17.7. The zero-order chi connectivity index (χ0) is 22.3. The summed E-state index contributed by atoms with van der Waals surface area (Å²) >= 11 is 0. The van der Waals surface area contributed by atoms with Crippen LogP contribution in [0.2, 0.25) is 0 Å². The summed E-state index contributed by atoms with van der Waals surface area (Å²) in [5.74, 6) is 0.454. The summed E-state index contributed by atoms with van der Waals surface area (Å²) < 4.78 is 13.8. The van der Waals surface area contributed by atoms with Crippen molar-refractivity contribution in [2.24, 2.45) is 15.9 Å². The fourth-order valence-corrected chi connectivity index (χ4v) is 4.52. The molecule has 0 saturated heterocycles. The van der Waals surface area contributed by atoms with Crippen molar-refractivity contribution in [3.05, 3.63) is 83.3 Å². The number of nitrogens with one attached hydrogen (secondary N) is 1. The van der Waals surface area contributed by atoms with Gasteiger partial charge in [0.1, 0.15) is 5.82 Å². The Balaban J connectivity index is 1.65. The minimum Gasteiger partial charge on any atom is -0.309 e. The first-order valence-corrected chi connectivity index (χ1v) is 11.5. The lowest BCUT2D eigenvalue weighted by Gasteiger charge is -2.25. The van der Waals surface area contributed by atoms with Gasteiger partial charge in [-0.2, -0.15) is 0 Å². The van der Waals surface area contributed by atoms with Gasteiger partial charge in [0.25, 0.3) is 0 Å². The summed E-state index contributed by atoms with van der Waals surface area (Å²) in [6.07, 6.45) is 7.14. The first-order valence-electron chi connectivity index (χ1n) is 11.5. The number of allylic oxidation sites excluding steroid dienone is 1. The van der Waals surface area contributed by atoms with E-state index in [0.29, 0.717) is 30.9 Å². The van der Waals surface area contributed by atoms with Crippen LogP contribution in [-0.2, 0) is 24.2 Å². The smallest absolute Gasteiger partial charge is 0.229 e. The molecule has 0 bridgehead atoms. The van der Waals surface area contributed by atoms with E-state index in [4.69, 9.17) is 9.98 Å². The zero-order valence-corrected chi connectivity index (χ0v) is 18.4. The third kappa shape index (κ3) is 5.78. The van der Waals surface area contributed by atoms with Gasteiger partial charge in [-0.1, -0.05) is 62.2 Å². The van der Waals surface area contributed by atoms with Crippen LogP contribution < -0.4 is 5.32 Å². The molecular formula is C27H30FN3O. The van der Waals surface area contributed by atoms with Crippen LogP contribution in [-0.4, -0.2) is 17.5 Å². The Morgan fingerprint density at radius 3 is 2.59 bits per heavy atom. The maximum Gasteiger partial charge on any atom is 0.229 e. The lowest BCUT2D eigenvalue weighted by Crippen LogP contribution is -2.41. The van der Waals surface area contributed by atoms with E-state index in [0.717, 1.165) is 48.1 Å². The molecule has 0 radical (unpaired) electrons. The molecule has 0 spiro atoms. The number of amides is 1. The lowest BCUT2D eigenvalue weighted by molar-refractivity contribution is -0.119. The Morgan fingerprint density at radius 2 is 1.81 bits per heavy atom. The number of hydrogen-bond donors (Lipinski definition) is 1. The first-order chi connectivity index (χ1) is 15.6. The third-order valence-corrected chi connectivity index (χ3v) is 6.24. The van der Waals surface area contributed by atoms with E-state index in [1.807, 2.05) is 36.4 Å². The molecule has 0 unspecified atom stereocenters. The number of fused-ring (bicyclic) bond motifs is 1. The van der Waals surface area contributed by atoms with Gasteiger partial charge in [-0.15, -0.1) is 0 Å². The average Bonchev–Trinajstić information content (AvgIpc) is 2.80. The maximum atomic E-state index is 13.8. The van der Waals surface area contributed by atoms with Gasteiger partial charge in [0.15, 0.2) is 5.84 Å². The molecule has 5 heteroatoms. The van der Waals surface area contributed by atoms with Crippen molar-refractivity contribution in [1.82, 2.24) is 5.32 Å². The molecule has 1 saturated carbocycles. The Bertz CT molecular complexity index is 1040. The molecule has 1 aliphatic heterocycles. The van der Waals surface area contributed by atoms with Crippen molar-refractivity contribution >= 4 is 17.5 Å². The third-order valence-electron chi connectivity index (χ3n) is 6.24. The van der Waals surface area contributed by atoms with Crippen LogP contribution in [0.25, 0.3) is 0 Å². The second-order valence-electron chi connectivity index (χ2n) is 8.69. The van der Waals surface area contributed by atoms with Crippen LogP contribution in [0.4, 0.5) is 4.39 Å². The number of aliphatic imine (C=N–C) groups is 2. The molecule has 1 N–H and O–H groups in total. The maximum absolute atomic E-state index is 13.8. The van der Waals surface area contributed by atoms with Gasteiger partial charge in [-0.3, -0.25) is 9.79 Å². The molecule has 2 aromatic rings. The molecule has 4 nitrogen and oxygen atoms in total. The number of carbonyl (C=O) groups is 1. The Hall–Kier alpha value is -3.08. The topological polar surface area (TPSA) is 53.8 Å². The number of amidine groups is 1. The molecule has 1 fully saturated rings. The number of nitrogens with zero attached hydrogens (tertiary/aromatic N) is 2. The van der Waals surface area contributed by atoms with Gasteiger partial charge in [-0.25, -0.2) is 9.38 Å². The monoisotopic (exact) mass is 431 g/mol. The molecule has 1 aliphatic carbocycles. The van der Waals surface area contributed by atoms with Gasteiger partial charge in [-0.05, 0) is 54.5 Å². The standard InChI is InChI=1S/C27H30FN3O/c1-19-12-13-22-17-24(28)15-14-23(22)18-29-26(21-10-6-3-7-11-21)27(30-19)31-25(32)16-20-8-4-2-5-9-20/h2,4-5,8-9,14-15,17,21H,1,3,6-7,10-13,16,18H2,(H,30,31,32). The molecule has 2 aromatic carbocycles. The molecule has 166 valence electrons. The van der Waals surface area contributed by atoms with E-state index in [1.165, 1.54) is 12.5 Å². The molecule has 1 heterocycles. The fourth-order valence-electron chi connectivity index (χ4n) is 4.52. The van der Waals surface area contributed by atoms with Crippen molar-refractivity contribution in [2.75, 3.05) is 0 Å². The fraction of sp³-hybridized carbons (Fsp3) is 0.370. The van der Waals surface area contributed by atoms with E-state index in [2.05, 4.69) is 11.9 Å². The highest BCUT2D eigenvalue weighted by Gasteiger charge is 2.25. The molecule has 0 aromatic heterocycles. The van der Waals surface area contributed by atoms with Gasteiger partial charge >= 0.3 is 0 Å². The van der Waals surface area contributed by atoms with E-state index < -0.39 is 0 Å². The van der Waals surface area contributed by atoms with Crippen molar-refractivity contribution in [3.8, 4) is 0 Å². The van der Waals surface area contributed by atoms with Crippen molar-refractivity contribution in [2.45, 2.75) is 57.9 Å². The number of benzene rings is 2. The molecule has 0 atom stereocenters. The number of halogens is 1. The minimum absolute atomic E-state index is 0.106. The first kappa shape index (κ1) is 22.1. The quantitative estimate of drug-likeness (QED) is 0.679. The molecule has 32 heavy (non-hydrogen) atoms. The van der Waals surface area contributed by atoms with Gasteiger partial charge < -0.3 is 5.32 Å². The van der Waals surface area contributed by atoms with E-state index in [9.17, 15) is 9.18 Å². The van der Waals surface area contributed by atoms with E-state index in [-0.39, 0.29) is 24.1 Å². The largest absolute Gasteiger partial charge is 0.309 e. The number of carbonyl (C=O) groups excluding carboxylic acids is 1. The van der Waals surface area contributed by atoms with Crippen LogP contribution >= 0.6 is 0 Å². The Morgan fingerprint density at radius 1 is 1.03 bits per heavy atom. The Labute approximate surface area is 189 Å². The van der Waals surface area contributed by atoms with Gasteiger partial charge in [0, 0.05) is 11.6 Å². The predicted molar refractivity (Wildman–Crippen MR) is 127 cm³/mol. The summed E-state index contributed by atoms with van der Waals surface area (Å²) in [5.41, 5.74) is 4.44. The van der Waals surface area contributed by atoms with Crippen LogP contribution in [0.1, 0.15) is 55.2 Å². The summed E-state index contributed by atoms with van der Waals surface area (Å²) in [4.78, 5) is 22.6. The SMILES string of the molecule is C=C1CCc2cc(F)ccc2CN=C(C2CCCCC2)C(NC(=O)Cc2ccccc2)=N1. The Kier molecular flexibility index (Phi) is 7.25. The highest BCUT2D eigenvalue weighted by Crippen LogP contribution is 2.27. The van der Waals surface area contributed by atoms with Crippen LogP contribution in [0.5, 0.6) is 0 Å². The molecule has 2 aliphatic rings. The molecule has 1 amide bonds. The molecular weight excluding hydrogens is 401 g/mol. The van der Waals surface area contributed by atoms with Crippen molar-refractivity contribution < 1.29 is 9.18 Å². The van der Waals surface area contributed by atoms with Gasteiger partial charge in [0.05, 0.1) is 18.7 Å². The summed E-state index contributed by atoms with van der Waals surface area (Å²) in [6, 6.07) is 14.6.